The molecule has 0 fully saturated rings. The summed E-state index contributed by atoms with van der Waals surface area (Å²) in [5.41, 5.74) is 13.5. The first-order valence-electron chi connectivity index (χ1n) is 17.2. The van der Waals surface area contributed by atoms with Crippen molar-refractivity contribution in [2.75, 3.05) is 0 Å². The summed E-state index contributed by atoms with van der Waals surface area (Å²) < 4.78 is 2.57. The highest BCUT2D eigenvalue weighted by Gasteiger charge is 2.23. The van der Waals surface area contributed by atoms with E-state index in [1.807, 2.05) is 35.6 Å². The fourth-order valence-corrected chi connectivity index (χ4v) is 8.78. The third-order valence-electron chi connectivity index (χ3n) is 10.0. The van der Waals surface area contributed by atoms with E-state index in [4.69, 9.17) is 15.0 Å². The lowest BCUT2D eigenvalue weighted by Gasteiger charge is -2.12. The molecule has 0 atom stereocenters. The predicted octanol–water partition coefficient (Wildman–Crippen LogP) is 12.2. The van der Waals surface area contributed by atoms with E-state index in [1.54, 1.807) is 5.57 Å². The van der Waals surface area contributed by atoms with Crippen LogP contribution in [0.4, 0.5) is 0 Å². The third kappa shape index (κ3) is 4.99. The molecular weight excluding hydrogens is 627 g/mol. The van der Waals surface area contributed by atoms with Gasteiger partial charge in [-0.15, -0.1) is 11.3 Å². The van der Waals surface area contributed by atoms with E-state index in [0.717, 1.165) is 47.1 Å². The number of nitrogens with zero attached hydrogens (tertiary/aromatic N) is 3. The second kappa shape index (κ2) is 11.9. The smallest absolute Gasteiger partial charge is 0.164 e. The first-order valence-corrected chi connectivity index (χ1v) is 18.0. The minimum absolute atomic E-state index is 0.658. The van der Waals surface area contributed by atoms with Gasteiger partial charge in [-0.2, -0.15) is 0 Å². The van der Waals surface area contributed by atoms with Gasteiger partial charge < -0.3 is 0 Å². The Bertz CT molecular complexity index is 2670. The number of fused-ring (bicyclic) bond motifs is 5. The Morgan fingerprint density at radius 2 is 1.18 bits per heavy atom. The number of allylic oxidation sites excluding steroid dienone is 4. The third-order valence-corrected chi connectivity index (χ3v) is 11.2. The number of rotatable bonds is 5. The van der Waals surface area contributed by atoms with Crippen molar-refractivity contribution in [3.05, 3.63) is 168 Å². The van der Waals surface area contributed by atoms with Gasteiger partial charge in [0.2, 0.25) is 0 Å². The van der Waals surface area contributed by atoms with Crippen LogP contribution in [0.3, 0.4) is 0 Å². The highest BCUT2D eigenvalue weighted by Crippen LogP contribution is 2.45. The van der Waals surface area contributed by atoms with Gasteiger partial charge in [0, 0.05) is 42.4 Å². The summed E-state index contributed by atoms with van der Waals surface area (Å²) in [6.45, 7) is 0. The number of hydrogen-bond donors (Lipinski definition) is 0. The highest BCUT2D eigenvalue weighted by atomic mass is 32.1. The molecular formula is C46H31N3S. The molecule has 4 heteroatoms. The largest absolute Gasteiger partial charge is 0.208 e. The topological polar surface area (TPSA) is 38.7 Å². The molecule has 3 nitrogen and oxygen atoms in total. The number of hydrogen-bond acceptors (Lipinski definition) is 4. The molecule has 0 radical (unpaired) electrons. The van der Waals surface area contributed by atoms with Gasteiger partial charge >= 0.3 is 0 Å². The van der Waals surface area contributed by atoms with Crippen LogP contribution in [0.5, 0.6) is 0 Å². The van der Waals surface area contributed by atoms with Gasteiger partial charge in [0.25, 0.3) is 0 Å². The average molecular weight is 658 g/mol. The molecule has 2 heterocycles. The fourth-order valence-electron chi connectivity index (χ4n) is 7.56. The second-order valence-electron chi connectivity index (χ2n) is 13.1. The van der Waals surface area contributed by atoms with Crippen molar-refractivity contribution in [1.82, 2.24) is 15.0 Å². The maximum Gasteiger partial charge on any atom is 0.164 e. The highest BCUT2D eigenvalue weighted by molar-refractivity contribution is 7.26. The first-order chi connectivity index (χ1) is 24.7. The standard InChI is InChI=1S/C46H31N3S/c1-3-12-29(13-4-1)31-17-11-18-34(24-31)45-47-44(30-14-5-2-6-15-30)48-46(49-45)36-27-40(43-41(28-36)39-20-9-10-21-42(39)50-43)33-22-23-38-35(26-33)25-32-16-7-8-19-37(32)38/h1-6,8-15,17-24,26-28H,7,16,25H2. The molecule has 0 unspecified atom stereocenters. The molecule has 0 saturated heterocycles. The van der Waals surface area contributed by atoms with Gasteiger partial charge in [-0.05, 0) is 76.9 Å². The van der Waals surface area contributed by atoms with Crippen molar-refractivity contribution >= 4 is 37.1 Å². The maximum atomic E-state index is 5.21. The van der Waals surface area contributed by atoms with E-state index in [9.17, 15) is 0 Å². The molecule has 8 aromatic rings. The number of aromatic nitrogens is 3. The molecule has 0 bridgehead atoms. The minimum atomic E-state index is 0.658. The van der Waals surface area contributed by atoms with Crippen LogP contribution in [0.25, 0.3) is 82.2 Å². The van der Waals surface area contributed by atoms with E-state index in [1.165, 1.54) is 48.0 Å². The Hall–Kier alpha value is -5.97. The van der Waals surface area contributed by atoms with Crippen LogP contribution in [0.1, 0.15) is 24.0 Å². The molecule has 0 spiro atoms. The zero-order valence-corrected chi connectivity index (χ0v) is 28.1. The zero-order valence-electron chi connectivity index (χ0n) is 27.3. The van der Waals surface area contributed by atoms with Gasteiger partial charge in [0.1, 0.15) is 0 Å². The van der Waals surface area contributed by atoms with E-state index < -0.39 is 0 Å². The molecule has 0 saturated carbocycles. The van der Waals surface area contributed by atoms with E-state index in [0.29, 0.717) is 17.5 Å². The van der Waals surface area contributed by atoms with Gasteiger partial charge in [-0.1, -0.05) is 133 Å². The van der Waals surface area contributed by atoms with E-state index in [2.05, 4.69) is 127 Å². The lowest BCUT2D eigenvalue weighted by atomic mass is 9.95. The SMILES string of the molecule is C1=CC2=C(CC1)Cc1cc(-c3cc(-c4nc(-c5ccccc5)nc(-c5cccc(-c6ccccc6)c5)n4)cc4c3sc3ccccc34)ccc12. The average Bonchev–Trinajstić information content (AvgIpc) is 3.76. The molecule has 236 valence electrons. The lowest BCUT2D eigenvalue weighted by Crippen LogP contribution is -2.00. The quantitative estimate of drug-likeness (QED) is 0.185. The molecule has 0 N–H and O–H groups in total. The predicted molar refractivity (Wildman–Crippen MR) is 209 cm³/mol. The molecule has 2 aliphatic rings. The fraction of sp³-hybridized carbons (Fsp3) is 0.0652. The lowest BCUT2D eigenvalue weighted by molar-refractivity contribution is 0.935. The van der Waals surface area contributed by atoms with Crippen LogP contribution in [0.2, 0.25) is 0 Å². The summed E-state index contributed by atoms with van der Waals surface area (Å²) in [6, 6.07) is 49.6. The van der Waals surface area contributed by atoms with Crippen LogP contribution < -0.4 is 0 Å². The van der Waals surface area contributed by atoms with Gasteiger partial charge in [-0.3, -0.25) is 0 Å². The van der Waals surface area contributed by atoms with Gasteiger partial charge in [0.05, 0.1) is 0 Å². The number of benzene rings is 6. The summed E-state index contributed by atoms with van der Waals surface area (Å²) >= 11 is 1.87. The molecule has 10 rings (SSSR count). The summed E-state index contributed by atoms with van der Waals surface area (Å²) in [7, 11) is 0. The normalized spacial score (nSPS) is 13.6. The zero-order chi connectivity index (χ0) is 33.0. The molecule has 2 aliphatic carbocycles. The molecule has 50 heavy (non-hydrogen) atoms. The van der Waals surface area contributed by atoms with E-state index in [-0.39, 0.29) is 0 Å². The summed E-state index contributed by atoms with van der Waals surface area (Å²) in [5.74, 6) is 1.99. The molecule has 2 aromatic heterocycles. The van der Waals surface area contributed by atoms with Gasteiger partial charge in [0.15, 0.2) is 17.5 Å². The van der Waals surface area contributed by atoms with Crippen molar-refractivity contribution < 1.29 is 0 Å². The summed E-state index contributed by atoms with van der Waals surface area (Å²) in [4.78, 5) is 15.4. The van der Waals surface area contributed by atoms with Gasteiger partial charge in [-0.25, -0.2) is 15.0 Å². The number of thiophene rings is 1. The van der Waals surface area contributed by atoms with Crippen LogP contribution in [-0.4, -0.2) is 15.0 Å². The Morgan fingerprint density at radius 1 is 0.480 bits per heavy atom. The van der Waals surface area contributed by atoms with E-state index >= 15 is 0 Å². The Morgan fingerprint density at radius 3 is 2.02 bits per heavy atom. The molecule has 0 aliphatic heterocycles. The second-order valence-corrected chi connectivity index (χ2v) is 14.2. The Kier molecular flexibility index (Phi) is 6.88. The molecule has 0 amide bonds. The van der Waals surface area contributed by atoms with Crippen LogP contribution in [0, 0.1) is 0 Å². The van der Waals surface area contributed by atoms with Crippen molar-refractivity contribution in [3.8, 4) is 56.4 Å². The first kappa shape index (κ1) is 29.0. The van der Waals surface area contributed by atoms with Crippen molar-refractivity contribution in [2.24, 2.45) is 0 Å². The maximum absolute atomic E-state index is 5.21. The Balaban J connectivity index is 1.18. The molecule has 6 aromatic carbocycles. The summed E-state index contributed by atoms with van der Waals surface area (Å²) in [5, 5.41) is 2.49. The Labute approximate surface area is 295 Å². The summed E-state index contributed by atoms with van der Waals surface area (Å²) in [6.07, 6.45) is 7.98. The van der Waals surface area contributed by atoms with Crippen molar-refractivity contribution in [1.29, 1.82) is 0 Å². The van der Waals surface area contributed by atoms with Crippen LogP contribution in [-0.2, 0) is 6.42 Å². The minimum Gasteiger partial charge on any atom is -0.208 e. The van der Waals surface area contributed by atoms with Crippen molar-refractivity contribution in [3.63, 3.8) is 0 Å². The monoisotopic (exact) mass is 657 g/mol. The van der Waals surface area contributed by atoms with Crippen molar-refractivity contribution in [2.45, 2.75) is 19.3 Å². The van der Waals surface area contributed by atoms with Crippen LogP contribution >= 0.6 is 11.3 Å². The van der Waals surface area contributed by atoms with Crippen LogP contribution in [0.15, 0.2) is 157 Å².